The minimum atomic E-state index is -0.840. The summed E-state index contributed by atoms with van der Waals surface area (Å²) in [6.07, 6.45) is 3.02. The maximum absolute atomic E-state index is 14.2. The number of hydrogen-bond acceptors (Lipinski definition) is 6. The van der Waals surface area contributed by atoms with E-state index in [1.807, 2.05) is 4.90 Å². The van der Waals surface area contributed by atoms with Crippen LogP contribution in [0.1, 0.15) is 43.7 Å². The lowest BCUT2D eigenvalue weighted by atomic mass is 9.91. The summed E-state index contributed by atoms with van der Waals surface area (Å²) >= 11 is 0. The summed E-state index contributed by atoms with van der Waals surface area (Å²) in [5, 5.41) is 27.4. The van der Waals surface area contributed by atoms with Gasteiger partial charge in [0.1, 0.15) is 0 Å². The minimum Gasteiger partial charge on any atom is -0.505 e. The summed E-state index contributed by atoms with van der Waals surface area (Å²) in [4.78, 5) is 15.2. The molecule has 150 valence electrons. The molecule has 1 aromatic heterocycles. The van der Waals surface area contributed by atoms with Crippen LogP contribution in [-0.2, 0) is 10.2 Å². The van der Waals surface area contributed by atoms with Gasteiger partial charge in [-0.1, -0.05) is 24.2 Å². The molecule has 2 unspecified atom stereocenters. The van der Waals surface area contributed by atoms with Crippen molar-refractivity contribution < 1.29 is 14.3 Å². The molecule has 1 aromatic carbocycles. The van der Waals surface area contributed by atoms with Gasteiger partial charge in [-0.05, 0) is 54.5 Å². The highest BCUT2D eigenvalue weighted by atomic mass is 19.1. The first-order chi connectivity index (χ1) is 13.4. The zero-order valence-corrected chi connectivity index (χ0v) is 16.1. The molecule has 9 heteroatoms. The van der Waals surface area contributed by atoms with E-state index < -0.39 is 17.0 Å². The van der Waals surface area contributed by atoms with Crippen molar-refractivity contribution in [2.45, 2.75) is 51.0 Å². The Labute approximate surface area is 162 Å². The Hall–Kier alpha value is -2.71. The molecule has 3 N–H and O–H groups in total. The number of halogens is 1. The number of nitrogens with one attached hydrogen (secondary N) is 2. The summed E-state index contributed by atoms with van der Waals surface area (Å²) in [7, 11) is 0. The molecule has 1 aliphatic heterocycles. The Morgan fingerprint density at radius 2 is 2.21 bits per heavy atom. The number of aromatic hydroxyl groups is 1. The summed E-state index contributed by atoms with van der Waals surface area (Å²) in [5.74, 6) is -0.181. The number of hydrogen-bond donors (Lipinski definition) is 3. The monoisotopic (exact) mass is 388 g/mol. The van der Waals surface area contributed by atoms with Crippen molar-refractivity contribution in [3.05, 3.63) is 29.1 Å². The lowest BCUT2D eigenvalue weighted by Gasteiger charge is -2.26. The van der Waals surface area contributed by atoms with Gasteiger partial charge in [0.15, 0.2) is 11.6 Å². The molecule has 0 radical (unpaired) electrons. The van der Waals surface area contributed by atoms with E-state index in [2.05, 4.69) is 32.9 Å². The standard InChI is InChI=1S/C19H25FN6O2/c1-11-5-8-26(18-22-24-25-23-18)10-13(9-11)21-17(28)19(6-7-19)14-4-3-12(2)15(20)16(14)27/h3-4,11,13,27H,5-10H2,1-2H3,(H,21,28)(H,22,23,24,25). The van der Waals surface area contributed by atoms with Gasteiger partial charge in [0.2, 0.25) is 11.9 Å². The van der Waals surface area contributed by atoms with Crippen molar-refractivity contribution in [2.75, 3.05) is 18.0 Å². The number of carbonyl (C=O) groups is 1. The minimum absolute atomic E-state index is 0.0787. The van der Waals surface area contributed by atoms with Gasteiger partial charge < -0.3 is 15.3 Å². The van der Waals surface area contributed by atoms with E-state index in [4.69, 9.17) is 0 Å². The molecule has 0 spiro atoms. The molecular formula is C19H25FN6O2. The van der Waals surface area contributed by atoms with E-state index in [0.717, 1.165) is 19.4 Å². The molecule has 2 heterocycles. The number of amides is 1. The average molecular weight is 388 g/mol. The molecule has 28 heavy (non-hydrogen) atoms. The zero-order valence-electron chi connectivity index (χ0n) is 16.1. The van der Waals surface area contributed by atoms with Crippen LogP contribution in [-0.4, -0.2) is 50.8 Å². The number of anilines is 1. The molecule has 1 aliphatic carbocycles. The maximum Gasteiger partial charge on any atom is 0.242 e. The molecule has 2 fully saturated rings. The number of carbonyl (C=O) groups excluding carboxylic acids is 1. The van der Waals surface area contributed by atoms with E-state index in [0.29, 0.717) is 42.4 Å². The molecule has 2 atom stereocenters. The zero-order chi connectivity index (χ0) is 19.9. The van der Waals surface area contributed by atoms with Crippen LogP contribution in [0, 0.1) is 18.7 Å². The van der Waals surface area contributed by atoms with Gasteiger partial charge >= 0.3 is 0 Å². The summed E-state index contributed by atoms with van der Waals surface area (Å²) < 4.78 is 14.2. The molecule has 4 rings (SSSR count). The number of phenols is 1. The normalized spacial score (nSPS) is 23.9. The smallest absolute Gasteiger partial charge is 0.242 e. The molecular weight excluding hydrogens is 363 g/mol. The van der Waals surface area contributed by atoms with Crippen molar-refractivity contribution >= 4 is 11.9 Å². The lowest BCUT2D eigenvalue weighted by Crippen LogP contribution is -2.47. The highest BCUT2D eigenvalue weighted by Crippen LogP contribution is 2.52. The van der Waals surface area contributed by atoms with E-state index in [1.54, 1.807) is 19.1 Å². The van der Waals surface area contributed by atoms with Gasteiger partial charge in [0.25, 0.3) is 0 Å². The van der Waals surface area contributed by atoms with Crippen LogP contribution < -0.4 is 10.2 Å². The number of benzene rings is 1. The van der Waals surface area contributed by atoms with Crippen molar-refractivity contribution in [3.8, 4) is 5.75 Å². The number of aryl methyl sites for hydroxylation is 1. The summed E-state index contributed by atoms with van der Waals surface area (Å²) in [6, 6.07) is 3.21. The van der Waals surface area contributed by atoms with Crippen LogP contribution in [0.3, 0.4) is 0 Å². The van der Waals surface area contributed by atoms with Crippen molar-refractivity contribution in [1.82, 2.24) is 25.9 Å². The lowest BCUT2D eigenvalue weighted by molar-refractivity contribution is -0.124. The van der Waals surface area contributed by atoms with Crippen molar-refractivity contribution in [1.29, 1.82) is 0 Å². The Bertz CT molecular complexity index is 868. The van der Waals surface area contributed by atoms with Crippen LogP contribution >= 0.6 is 0 Å². The predicted molar refractivity (Wildman–Crippen MR) is 100 cm³/mol. The Kier molecular flexibility index (Phi) is 4.68. The van der Waals surface area contributed by atoms with E-state index in [1.165, 1.54) is 0 Å². The molecule has 2 aromatic rings. The molecule has 2 aliphatic rings. The highest BCUT2D eigenvalue weighted by molar-refractivity contribution is 5.92. The van der Waals surface area contributed by atoms with Crippen LogP contribution in [0.15, 0.2) is 12.1 Å². The molecule has 0 bridgehead atoms. The topological polar surface area (TPSA) is 107 Å². The van der Waals surface area contributed by atoms with E-state index >= 15 is 0 Å². The Morgan fingerprint density at radius 1 is 1.43 bits per heavy atom. The maximum atomic E-state index is 14.2. The van der Waals surface area contributed by atoms with Crippen LogP contribution in [0.2, 0.25) is 0 Å². The second-order valence-electron chi connectivity index (χ2n) is 8.15. The van der Waals surface area contributed by atoms with Gasteiger partial charge in [0.05, 0.1) is 5.41 Å². The van der Waals surface area contributed by atoms with Gasteiger partial charge in [-0.25, -0.2) is 9.49 Å². The van der Waals surface area contributed by atoms with Crippen LogP contribution in [0.4, 0.5) is 10.3 Å². The number of rotatable bonds is 4. The van der Waals surface area contributed by atoms with E-state index in [-0.39, 0.29) is 11.9 Å². The average Bonchev–Trinajstić information content (AvgIpc) is 3.33. The summed E-state index contributed by atoms with van der Waals surface area (Å²) in [6.45, 7) is 5.16. The first-order valence-electron chi connectivity index (χ1n) is 9.69. The fraction of sp³-hybridized carbons (Fsp3) is 0.579. The summed E-state index contributed by atoms with van der Waals surface area (Å²) in [5.41, 5.74) is -0.0929. The third kappa shape index (κ3) is 3.29. The molecule has 1 saturated heterocycles. The quantitative estimate of drug-likeness (QED) is 0.737. The number of tetrazole rings is 1. The van der Waals surface area contributed by atoms with Crippen molar-refractivity contribution in [2.24, 2.45) is 5.92 Å². The first kappa shape index (κ1) is 18.6. The molecule has 1 saturated carbocycles. The van der Waals surface area contributed by atoms with Gasteiger partial charge in [-0.2, -0.15) is 0 Å². The number of aromatic amines is 1. The largest absolute Gasteiger partial charge is 0.505 e. The molecule has 1 amide bonds. The number of H-pyrrole nitrogens is 1. The van der Waals surface area contributed by atoms with Crippen molar-refractivity contribution in [3.63, 3.8) is 0 Å². The third-order valence-electron chi connectivity index (χ3n) is 6.00. The second-order valence-corrected chi connectivity index (χ2v) is 8.15. The second kappa shape index (κ2) is 7.03. The van der Waals surface area contributed by atoms with Gasteiger partial charge in [-0.3, -0.25) is 4.79 Å². The Morgan fingerprint density at radius 3 is 2.89 bits per heavy atom. The highest BCUT2D eigenvalue weighted by Gasteiger charge is 2.53. The first-order valence-corrected chi connectivity index (χ1v) is 9.69. The number of phenolic OH excluding ortho intramolecular Hbond substituents is 1. The molecule has 8 nitrogen and oxygen atoms in total. The van der Waals surface area contributed by atoms with Crippen LogP contribution in [0.5, 0.6) is 5.75 Å². The van der Waals surface area contributed by atoms with E-state index in [9.17, 15) is 14.3 Å². The van der Waals surface area contributed by atoms with Gasteiger partial charge in [0, 0.05) is 24.7 Å². The fourth-order valence-electron chi connectivity index (χ4n) is 4.12. The number of nitrogens with zero attached hydrogens (tertiary/aromatic N) is 4. The van der Waals surface area contributed by atoms with Gasteiger partial charge in [-0.15, -0.1) is 0 Å². The number of aromatic nitrogens is 4. The predicted octanol–water partition coefficient (Wildman–Crippen LogP) is 1.81. The Balaban J connectivity index is 1.53. The third-order valence-corrected chi connectivity index (χ3v) is 6.00. The fourth-order valence-corrected chi connectivity index (χ4v) is 4.12. The SMILES string of the molecule is Cc1ccc(C2(C(=O)NC3CC(C)CCN(c4nnn[nH]4)C3)CC2)c(O)c1F. The van der Waals surface area contributed by atoms with Crippen LogP contribution in [0.25, 0.3) is 0 Å².